The van der Waals surface area contributed by atoms with Crippen molar-refractivity contribution in [2.75, 3.05) is 13.1 Å². The third-order valence-electron chi connectivity index (χ3n) is 2.65. The third kappa shape index (κ3) is 6.08. The van der Waals surface area contributed by atoms with Gasteiger partial charge in [-0.2, -0.15) is 0 Å². The van der Waals surface area contributed by atoms with Gasteiger partial charge in [-0.1, -0.05) is 68.0 Å². The minimum absolute atomic E-state index is 1.00. The molecular weight excluding hydrogens is 206 g/mol. The summed E-state index contributed by atoms with van der Waals surface area (Å²) in [7, 11) is 0. The van der Waals surface area contributed by atoms with Gasteiger partial charge in [-0.3, -0.25) is 0 Å². The minimum atomic E-state index is 1.00. The van der Waals surface area contributed by atoms with E-state index in [0.717, 1.165) is 19.5 Å². The molecular formula is C16H23N. The summed E-state index contributed by atoms with van der Waals surface area (Å²) in [5.41, 5.74) is 2.70. The van der Waals surface area contributed by atoms with Crippen molar-refractivity contribution >= 4 is 6.08 Å². The molecule has 0 bridgehead atoms. The quantitative estimate of drug-likeness (QED) is 0.549. The maximum Gasteiger partial charge on any atom is 0.0167 e. The Balaban J connectivity index is 2.46. The van der Waals surface area contributed by atoms with Gasteiger partial charge in [0.05, 0.1) is 0 Å². The van der Waals surface area contributed by atoms with Crippen LogP contribution in [0, 0.1) is 0 Å². The molecule has 1 nitrogen and oxygen atoms in total. The number of allylic oxidation sites excluding steroid dienone is 2. The zero-order valence-corrected chi connectivity index (χ0v) is 10.9. The van der Waals surface area contributed by atoms with E-state index < -0.39 is 0 Å². The number of hydrogen-bond acceptors (Lipinski definition) is 1. The molecule has 92 valence electrons. The first-order chi connectivity index (χ1) is 8.36. The fourth-order valence-corrected chi connectivity index (χ4v) is 1.59. The molecule has 0 unspecified atom stereocenters. The van der Waals surface area contributed by atoms with Crippen LogP contribution in [0.3, 0.4) is 0 Å². The summed E-state index contributed by atoms with van der Waals surface area (Å²) in [5, 5.41) is 3.43. The molecule has 17 heavy (non-hydrogen) atoms. The molecule has 0 aliphatic heterocycles. The molecule has 0 radical (unpaired) electrons. The van der Waals surface area contributed by atoms with E-state index in [4.69, 9.17) is 0 Å². The Morgan fingerprint density at radius 1 is 1.18 bits per heavy atom. The molecule has 1 aromatic rings. The van der Waals surface area contributed by atoms with Crippen molar-refractivity contribution in [2.45, 2.75) is 26.7 Å². The molecule has 1 rings (SSSR count). The maximum absolute atomic E-state index is 3.43. The number of hydrogen-bond donors (Lipinski definition) is 1. The Hall–Kier alpha value is -1.34. The van der Waals surface area contributed by atoms with Gasteiger partial charge in [0.2, 0.25) is 0 Å². The molecule has 0 saturated carbocycles. The minimum Gasteiger partial charge on any atom is -0.313 e. The molecule has 1 aromatic carbocycles. The highest BCUT2D eigenvalue weighted by atomic mass is 14.8. The summed E-state index contributed by atoms with van der Waals surface area (Å²) in [5.74, 6) is 0. The van der Waals surface area contributed by atoms with E-state index in [0.29, 0.717) is 0 Å². The first-order valence-electron chi connectivity index (χ1n) is 6.48. The second-order valence-corrected chi connectivity index (χ2v) is 4.13. The molecule has 0 aliphatic carbocycles. The topological polar surface area (TPSA) is 12.0 Å². The largest absolute Gasteiger partial charge is 0.313 e. The highest BCUT2D eigenvalue weighted by molar-refractivity contribution is 5.50. The van der Waals surface area contributed by atoms with Gasteiger partial charge in [-0.25, -0.2) is 0 Å². The zero-order chi connectivity index (χ0) is 12.3. The van der Waals surface area contributed by atoms with Crippen LogP contribution in [0.2, 0.25) is 0 Å². The van der Waals surface area contributed by atoms with Gasteiger partial charge in [0.15, 0.2) is 0 Å². The van der Waals surface area contributed by atoms with Crippen LogP contribution < -0.4 is 5.32 Å². The molecule has 0 atom stereocenters. The standard InChI is InChI=1S/C16H23N/c1-3-13-17-14-15(4-2)11-8-12-16-9-6-5-7-10-16/h5-12,17H,3-4,13-14H2,1-2H3. The summed E-state index contributed by atoms with van der Waals surface area (Å²) in [6.07, 6.45) is 8.81. The van der Waals surface area contributed by atoms with Crippen LogP contribution in [0.15, 0.2) is 48.1 Å². The van der Waals surface area contributed by atoms with Gasteiger partial charge in [0, 0.05) is 6.54 Å². The molecule has 0 heterocycles. The van der Waals surface area contributed by atoms with E-state index in [9.17, 15) is 0 Å². The Labute approximate surface area is 105 Å². The van der Waals surface area contributed by atoms with Crippen LogP contribution in [-0.4, -0.2) is 13.1 Å². The number of benzene rings is 1. The van der Waals surface area contributed by atoms with Crippen molar-refractivity contribution < 1.29 is 0 Å². The summed E-state index contributed by atoms with van der Waals surface area (Å²) in [4.78, 5) is 0. The van der Waals surface area contributed by atoms with E-state index in [2.05, 4.69) is 61.7 Å². The Morgan fingerprint density at radius 3 is 2.59 bits per heavy atom. The fourth-order valence-electron chi connectivity index (χ4n) is 1.59. The van der Waals surface area contributed by atoms with Crippen molar-refractivity contribution in [3.05, 3.63) is 53.6 Å². The van der Waals surface area contributed by atoms with Gasteiger partial charge in [0.1, 0.15) is 0 Å². The Bertz CT molecular complexity index is 349. The smallest absolute Gasteiger partial charge is 0.0167 e. The zero-order valence-electron chi connectivity index (χ0n) is 10.9. The summed E-state index contributed by atoms with van der Waals surface area (Å²) in [6, 6.07) is 10.4. The summed E-state index contributed by atoms with van der Waals surface area (Å²) in [6.45, 7) is 6.50. The van der Waals surface area contributed by atoms with Crippen LogP contribution in [0.4, 0.5) is 0 Å². The van der Waals surface area contributed by atoms with Crippen molar-refractivity contribution in [1.29, 1.82) is 0 Å². The summed E-state index contributed by atoms with van der Waals surface area (Å²) >= 11 is 0. The second kappa shape index (κ2) is 8.77. The molecule has 0 saturated heterocycles. The van der Waals surface area contributed by atoms with Gasteiger partial charge in [0.25, 0.3) is 0 Å². The lowest BCUT2D eigenvalue weighted by molar-refractivity contribution is 0.703. The van der Waals surface area contributed by atoms with Crippen LogP contribution in [0.25, 0.3) is 6.08 Å². The van der Waals surface area contributed by atoms with Crippen molar-refractivity contribution in [2.24, 2.45) is 0 Å². The predicted molar refractivity (Wildman–Crippen MR) is 77.0 cm³/mol. The first kappa shape index (κ1) is 13.7. The van der Waals surface area contributed by atoms with Crippen LogP contribution in [0.5, 0.6) is 0 Å². The predicted octanol–water partition coefficient (Wildman–Crippen LogP) is 4.04. The highest BCUT2D eigenvalue weighted by Gasteiger charge is 1.91. The molecule has 0 aromatic heterocycles. The molecule has 1 N–H and O–H groups in total. The van der Waals surface area contributed by atoms with Crippen LogP contribution >= 0.6 is 0 Å². The van der Waals surface area contributed by atoms with Gasteiger partial charge < -0.3 is 5.32 Å². The van der Waals surface area contributed by atoms with Gasteiger partial charge in [-0.05, 0) is 24.9 Å². The molecule has 0 amide bonds. The monoisotopic (exact) mass is 229 g/mol. The molecule has 0 spiro atoms. The summed E-state index contributed by atoms with van der Waals surface area (Å²) < 4.78 is 0. The highest BCUT2D eigenvalue weighted by Crippen LogP contribution is 2.04. The van der Waals surface area contributed by atoms with Crippen molar-refractivity contribution in [3.63, 3.8) is 0 Å². The number of nitrogens with one attached hydrogen (secondary N) is 1. The Kier molecular flexibility index (Phi) is 7.08. The molecule has 1 heteroatoms. The lowest BCUT2D eigenvalue weighted by atomic mass is 10.1. The van der Waals surface area contributed by atoms with Crippen molar-refractivity contribution in [1.82, 2.24) is 5.32 Å². The maximum atomic E-state index is 3.43. The van der Waals surface area contributed by atoms with Gasteiger partial charge >= 0.3 is 0 Å². The second-order valence-electron chi connectivity index (χ2n) is 4.13. The Morgan fingerprint density at radius 2 is 1.94 bits per heavy atom. The van der Waals surface area contributed by atoms with E-state index in [1.54, 1.807) is 0 Å². The normalized spacial score (nSPS) is 12.2. The van der Waals surface area contributed by atoms with Gasteiger partial charge in [-0.15, -0.1) is 0 Å². The van der Waals surface area contributed by atoms with E-state index in [-0.39, 0.29) is 0 Å². The molecule has 0 aliphatic rings. The lowest BCUT2D eigenvalue weighted by Crippen LogP contribution is -2.17. The third-order valence-corrected chi connectivity index (χ3v) is 2.65. The van der Waals surface area contributed by atoms with E-state index in [1.165, 1.54) is 17.6 Å². The van der Waals surface area contributed by atoms with Crippen LogP contribution in [-0.2, 0) is 0 Å². The average Bonchev–Trinajstić information content (AvgIpc) is 2.38. The van der Waals surface area contributed by atoms with E-state index in [1.807, 2.05) is 6.07 Å². The van der Waals surface area contributed by atoms with Crippen molar-refractivity contribution in [3.8, 4) is 0 Å². The van der Waals surface area contributed by atoms with Crippen LogP contribution in [0.1, 0.15) is 32.3 Å². The SMILES string of the molecule is CCCNCC(=CC=Cc1ccccc1)CC. The lowest BCUT2D eigenvalue weighted by Gasteiger charge is -2.04. The average molecular weight is 229 g/mol. The molecule has 0 fully saturated rings. The van der Waals surface area contributed by atoms with E-state index >= 15 is 0 Å². The fraction of sp³-hybridized carbons (Fsp3) is 0.375. The number of rotatable bonds is 7. The first-order valence-corrected chi connectivity index (χ1v) is 6.48.